The van der Waals surface area contributed by atoms with Gasteiger partial charge in [0, 0.05) is 28.2 Å². The molecule has 0 atom stereocenters. The molecular weight excluding hydrogens is 399 g/mol. The molecule has 136 valence electrons. The van der Waals surface area contributed by atoms with Crippen molar-refractivity contribution >= 4 is 45.0 Å². The van der Waals surface area contributed by atoms with Crippen LogP contribution in [0.2, 0.25) is 10.0 Å². The first kappa shape index (κ1) is 18.7. The Kier molecular flexibility index (Phi) is 5.22. The quantitative estimate of drug-likeness (QED) is 0.720. The van der Waals surface area contributed by atoms with E-state index in [4.69, 9.17) is 27.9 Å². The lowest BCUT2D eigenvalue weighted by atomic mass is 10.2. The van der Waals surface area contributed by atoms with Crippen molar-refractivity contribution in [1.29, 1.82) is 0 Å². The second kappa shape index (κ2) is 7.26. The molecule has 0 aromatic heterocycles. The minimum atomic E-state index is -3.74. The minimum absolute atomic E-state index is 0.0768. The van der Waals surface area contributed by atoms with Crippen LogP contribution < -0.4 is 0 Å². The summed E-state index contributed by atoms with van der Waals surface area (Å²) >= 11 is 12.1. The normalized spacial score (nSPS) is 14.5. The zero-order valence-electron chi connectivity index (χ0n) is 13.6. The van der Waals surface area contributed by atoms with Gasteiger partial charge in [0.1, 0.15) is 18.0 Å². The molecule has 26 heavy (non-hydrogen) atoms. The van der Waals surface area contributed by atoms with Crippen LogP contribution in [-0.4, -0.2) is 38.7 Å². The van der Waals surface area contributed by atoms with E-state index >= 15 is 0 Å². The number of ether oxygens (including phenoxy) is 1. The third-order valence-electron chi connectivity index (χ3n) is 3.78. The summed E-state index contributed by atoms with van der Waals surface area (Å²) in [6, 6.07) is 11.4. The van der Waals surface area contributed by atoms with E-state index in [0.29, 0.717) is 21.2 Å². The molecule has 6 nitrogen and oxygen atoms in total. The molecule has 0 N–H and O–H groups in total. The van der Waals surface area contributed by atoms with Crippen molar-refractivity contribution in [2.75, 3.05) is 13.6 Å². The van der Waals surface area contributed by atoms with Crippen molar-refractivity contribution in [3.63, 3.8) is 0 Å². The Morgan fingerprint density at radius 1 is 1.12 bits per heavy atom. The predicted molar refractivity (Wildman–Crippen MR) is 99.1 cm³/mol. The summed E-state index contributed by atoms with van der Waals surface area (Å²) in [5.41, 5.74) is 0.968. The van der Waals surface area contributed by atoms with Crippen LogP contribution >= 0.6 is 23.2 Å². The van der Waals surface area contributed by atoms with Crippen molar-refractivity contribution in [2.24, 2.45) is 4.40 Å². The van der Waals surface area contributed by atoms with Crippen LogP contribution in [0.1, 0.15) is 11.1 Å². The summed E-state index contributed by atoms with van der Waals surface area (Å²) in [4.78, 5) is 13.7. The second-order valence-electron chi connectivity index (χ2n) is 5.60. The molecule has 0 unspecified atom stereocenters. The van der Waals surface area contributed by atoms with Crippen LogP contribution in [-0.2, 0) is 26.2 Å². The highest BCUT2D eigenvalue weighted by Gasteiger charge is 2.31. The molecule has 3 rings (SSSR count). The molecule has 0 fully saturated rings. The summed E-state index contributed by atoms with van der Waals surface area (Å²) in [5.74, 6) is -0.360. The summed E-state index contributed by atoms with van der Waals surface area (Å²) in [6.07, 6.45) is 0. The Bertz CT molecular complexity index is 985. The van der Waals surface area contributed by atoms with E-state index in [1.807, 2.05) is 0 Å². The molecule has 2 aromatic rings. The number of esters is 1. The van der Waals surface area contributed by atoms with Crippen molar-refractivity contribution in [3.8, 4) is 0 Å². The van der Waals surface area contributed by atoms with Crippen molar-refractivity contribution < 1.29 is 17.9 Å². The number of nitrogens with zero attached hydrogens (tertiary/aromatic N) is 2. The third kappa shape index (κ3) is 3.70. The van der Waals surface area contributed by atoms with E-state index in [0.717, 1.165) is 0 Å². The number of likely N-dealkylation sites (N-methyl/N-ethyl adjacent to an activating group) is 1. The molecule has 0 saturated heterocycles. The molecule has 0 radical (unpaired) electrons. The highest BCUT2D eigenvalue weighted by atomic mass is 35.5. The fourth-order valence-corrected chi connectivity index (χ4v) is 4.26. The molecule has 0 amide bonds. The van der Waals surface area contributed by atoms with Crippen LogP contribution in [0.5, 0.6) is 0 Å². The Morgan fingerprint density at radius 3 is 2.46 bits per heavy atom. The Hall–Kier alpha value is -2.09. The molecule has 0 aliphatic carbocycles. The topological polar surface area (TPSA) is 76.0 Å². The number of rotatable bonds is 4. The average Bonchev–Trinajstić information content (AvgIpc) is 2.86. The lowest BCUT2D eigenvalue weighted by Crippen LogP contribution is -2.33. The van der Waals surface area contributed by atoms with Crippen LogP contribution in [0.15, 0.2) is 51.8 Å². The second-order valence-corrected chi connectivity index (χ2v) is 7.99. The van der Waals surface area contributed by atoms with Gasteiger partial charge in [0.25, 0.3) is 10.0 Å². The summed E-state index contributed by atoms with van der Waals surface area (Å²) in [6.45, 7) is -0.253. The largest absolute Gasteiger partial charge is 0.459 e. The fraction of sp³-hybridized carbons (Fsp3) is 0.176. The standard InChI is InChI=1S/C17H14Cl2N2O4S/c1-21(17-11-5-2-3-8-15(11)26(23,24)20-17)9-16(22)25-10-12-13(18)6-4-7-14(12)19/h2-8H,9-10H2,1H3. The molecule has 1 heterocycles. The molecule has 0 bridgehead atoms. The third-order valence-corrected chi connectivity index (χ3v) is 5.81. The minimum Gasteiger partial charge on any atom is -0.459 e. The van der Waals surface area contributed by atoms with Gasteiger partial charge in [0.05, 0.1) is 0 Å². The first-order valence-electron chi connectivity index (χ1n) is 7.53. The number of hydrogen-bond donors (Lipinski definition) is 0. The fourth-order valence-electron chi connectivity index (χ4n) is 2.50. The van der Waals surface area contributed by atoms with Gasteiger partial charge in [-0.1, -0.05) is 41.4 Å². The molecule has 9 heteroatoms. The van der Waals surface area contributed by atoms with Crippen molar-refractivity contribution in [3.05, 3.63) is 63.6 Å². The number of carbonyl (C=O) groups is 1. The average molecular weight is 413 g/mol. The summed E-state index contributed by atoms with van der Waals surface area (Å²) < 4.78 is 33.1. The lowest BCUT2D eigenvalue weighted by molar-refractivity contribution is -0.145. The van der Waals surface area contributed by atoms with E-state index in [-0.39, 0.29) is 23.9 Å². The van der Waals surface area contributed by atoms with E-state index < -0.39 is 16.0 Å². The predicted octanol–water partition coefficient (Wildman–Crippen LogP) is 3.12. The number of hydrogen-bond acceptors (Lipinski definition) is 5. The Morgan fingerprint density at radius 2 is 1.77 bits per heavy atom. The lowest BCUT2D eigenvalue weighted by Gasteiger charge is -2.18. The van der Waals surface area contributed by atoms with Crippen LogP contribution in [0, 0.1) is 0 Å². The zero-order valence-corrected chi connectivity index (χ0v) is 16.0. The first-order valence-corrected chi connectivity index (χ1v) is 9.73. The van der Waals surface area contributed by atoms with E-state index in [9.17, 15) is 13.2 Å². The van der Waals surface area contributed by atoms with Gasteiger partial charge in [-0.3, -0.25) is 4.79 Å². The van der Waals surface area contributed by atoms with Crippen LogP contribution in [0.4, 0.5) is 0 Å². The van der Waals surface area contributed by atoms with Crippen LogP contribution in [0.25, 0.3) is 0 Å². The molecule has 1 aliphatic heterocycles. The van der Waals surface area contributed by atoms with Crippen molar-refractivity contribution in [1.82, 2.24) is 4.90 Å². The number of fused-ring (bicyclic) bond motifs is 1. The summed E-state index contributed by atoms with van der Waals surface area (Å²) in [5, 5.41) is 0.803. The molecular formula is C17H14Cl2N2O4S. The highest BCUT2D eigenvalue weighted by molar-refractivity contribution is 7.90. The molecule has 2 aromatic carbocycles. The molecule has 0 spiro atoms. The van der Waals surface area contributed by atoms with E-state index in [2.05, 4.69) is 4.40 Å². The zero-order chi connectivity index (χ0) is 18.9. The highest BCUT2D eigenvalue weighted by Crippen LogP contribution is 2.27. The van der Waals surface area contributed by atoms with Crippen molar-refractivity contribution in [2.45, 2.75) is 11.5 Å². The molecule has 0 saturated carbocycles. The van der Waals surface area contributed by atoms with Gasteiger partial charge in [-0.05, 0) is 24.3 Å². The van der Waals surface area contributed by atoms with Gasteiger partial charge < -0.3 is 9.64 Å². The van der Waals surface area contributed by atoms with E-state index in [1.54, 1.807) is 43.4 Å². The first-order chi connectivity index (χ1) is 12.3. The maximum atomic E-state index is 12.1. The number of benzene rings is 2. The number of amidine groups is 1. The van der Waals surface area contributed by atoms with Gasteiger partial charge in [0.15, 0.2) is 5.84 Å². The van der Waals surface area contributed by atoms with Gasteiger partial charge in [-0.15, -0.1) is 4.40 Å². The van der Waals surface area contributed by atoms with E-state index in [1.165, 1.54) is 11.0 Å². The van der Waals surface area contributed by atoms with Crippen LogP contribution in [0.3, 0.4) is 0 Å². The monoisotopic (exact) mass is 412 g/mol. The smallest absolute Gasteiger partial charge is 0.325 e. The maximum absolute atomic E-state index is 12.1. The SMILES string of the molecule is CN(CC(=O)OCc1c(Cl)cccc1Cl)C1=NS(=O)(=O)c2ccccc21. The van der Waals surface area contributed by atoms with Gasteiger partial charge in [-0.2, -0.15) is 8.42 Å². The number of halogens is 2. The number of sulfonamides is 1. The van der Waals surface area contributed by atoms with Gasteiger partial charge in [0.2, 0.25) is 0 Å². The molecule has 1 aliphatic rings. The van der Waals surface area contributed by atoms with Gasteiger partial charge >= 0.3 is 5.97 Å². The maximum Gasteiger partial charge on any atom is 0.325 e. The summed E-state index contributed by atoms with van der Waals surface area (Å²) in [7, 11) is -2.17. The number of carbonyl (C=O) groups excluding carboxylic acids is 1. The Balaban J connectivity index is 1.69. The Labute approximate surface area is 161 Å². The van der Waals surface area contributed by atoms with Gasteiger partial charge in [-0.25, -0.2) is 0 Å².